The Bertz CT molecular complexity index is 732. The molecule has 0 amide bonds. The zero-order valence-electron chi connectivity index (χ0n) is 10.7. The van der Waals surface area contributed by atoms with Crippen LogP contribution in [0.5, 0.6) is 11.6 Å². The van der Waals surface area contributed by atoms with Gasteiger partial charge in [-0.1, -0.05) is 15.9 Å². The van der Waals surface area contributed by atoms with Gasteiger partial charge in [-0.25, -0.2) is 9.78 Å². The van der Waals surface area contributed by atoms with Crippen molar-refractivity contribution in [3.05, 3.63) is 56.2 Å². The number of aromatic nitrogens is 1. The number of rotatable bonds is 4. The summed E-state index contributed by atoms with van der Waals surface area (Å²) in [5, 5.41) is 20.2. The molecule has 0 saturated heterocycles. The molecule has 1 aromatic carbocycles. The molecule has 1 N–H and O–H groups in total. The molecule has 108 valence electrons. The second kappa shape index (κ2) is 5.88. The van der Waals surface area contributed by atoms with Crippen LogP contribution in [0, 0.1) is 17.0 Å². The number of ether oxygens (including phenoxy) is 1. The Morgan fingerprint density at radius 3 is 2.76 bits per heavy atom. The molecule has 0 unspecified atom stereocenters. The minimum absolute atomic E-state index is 0.0296. The Morgan fingerprint density at radius 2 is 2.14 bits per heavy atom. The molecular formula is C13H9BrN2O5. The summed E-state index contributed by atoms with van der Waals surface area (Å²) in [5.74, 6) is -1.48. The first-order chi connectivity index (χ1) is 9.90. The SMILES string of the molecule is Cc1ccnc(Oc2cc(Br)ccc2C(=O)O)c1[N+](=O)[O-]. The molecule has 21 heavy (non-hydrogen) atoms. The first-order valence-corrected chi connectivity index (χ1v) is 6.50. The van der Waals surface area contributed by atoms with Crippen molar-refractivity contribution >= 4 is 27.6 Å². The summed E-state index contributed by atoms with van der Waals surface area (Å²) in [4.78, 5) is 25.4. The second-order valence-corrected chi connectivity index (χ2v) is 5.00. The lowest BCUT2D eigenvalue weighted by Crippen LogP contribution is -2.03. The summed E-state index contributed by atoms with van der Waals surface area (Å²) < 4.78 is 5.94. The largest absolute Gasteiger partial charge is 0.478 e. The maximum absolute atomic E-state index is 11.2. The van der Waals surface area contributed by atoms with Gasteiger partial charge in [-0.15, -0.1) is 0 Å². The normalized spacial score (nSPS) is 10.2. The van der Waals surface area contributed by atoms with Gasteiger partial charge in [-0.3, -0.25) is 10.1 Å². The number of nitro groups is 1. The minimum atomic E-state index is -1.20. The molecule has 0 saturated carbocycles. The molecule has 0 atom stereocenters. The monoisotopic (exact) mass is 352 g/mol. The Kier molecular flexibility index (Phi) is 4.18. The van der Waals surface area contributed by atoms with E-state index in [-0.39, 0.29) is 22.9 Å². The highest BCUT2D eigenvalue weighted by Gasteiger charge is 2.22. The van der Waals surface area contributed by atoms with E-state index in [1.807, 2.05) is 0 Å². The summed E-state index contributed by atoms with van der Waals surface area (Å²) in [6, 6.07) is 5.76. The lowest BCUT2D eigenvalue weighted by Gasteiger charge is -2.09. The topological polar surface area (TPSA) is 103 Å². The van der Waals surface area contributed by atoms with Crippen molar-refractivity contribution in [3.8, 4) is 11.6 Å². The summed E-state index contributed by atoms with van der Waals surface area (Å²) in [5.41, 5.74) is -0.0403. The molecule has 0 fully saturated rings. The van der Waals surface area contributed by atoms with Crippen LogP contribution < -0.4 is 4.74 Å². The van der Waals surface area contributed by atoms with E-state index in [1.165, 1.54) is 30.5 Å². The molecule has 7 nitrogen and oxygen atoms in total. The second-order valence-electron chi connectivity index (χ2n) is 4.09. The summed E-state index contributed by atoms with van der Waals surface area (Å²) >= 11 is 3.19. The van der Waals surface area contributed by atoms with Gasteiger partial charge in [0, 0.05) is 16.2 Å². The van der Waals surface area contributed by atoms with Crippen molar-refractivity contribution in [1.82, 2.24) is 4.98 Å². The number of aromatic carboxylic acids is 1. The van der Waals surface area contributed by atoms with Crippen LogP contribution in [0.15, 0.2) is 34.9 Å². The molecule has 0 radical (unpaired) electrons. The van der Waals surface area contributed by atoms with Crippen molar-refractivity contribution in [2.24, 2.45) is 0 Å². The van der Waals surface area contributed by atoms with E-state index in [2.05, 4.69) is 20.9 Å². The van der Waals surface area contributed by atoms with Crippen molar-refractivity contribution in [1.29, 1.82) is 0 Å². The van der Waals surface area contributed by atoms with Crippen molar-refractivity contribution in [3.63, 3.8) is 0 Å². The van der Waals surface area contributed by atoms with E-state index in [4.69, 9.17) is 9.84 Å². The van der Waals surface area contributed by atoms with E-state index >= 15 is 0 Å². The van der Waals surface area contributed by atoms with Crippen LogP contribution in [0.3, 0.4) is 0 Å². The molecule has 0 aliphatic rings. The van der Waals surface area contributed by atoms with Crippen LogP contribution in [-0.4, -0.2) is 21.0 Å². The van der Waals surface area contributed by atoms with Crippen molar-refractivity contribution in [2.75, 3.05) is 0 Å². The Morgan fingerprint density at radius 1 is 1.43 bits per heavy atom. The number of benzene rings is 1. The molecule has 0 spiro atoms. The molecule has 1 heterocycles. The first kappa shape index (κ1) is 14.9. The fraction of sp³-hybridized carbons (Fsp3) is 0.0769. The number of carboxylic acid groups (broad SMARTS) is 1. The smallest absolute Gasteiger partial charge is 0.339 e. The van der Waals surface area contributed by atoms with E-state index < -0.39 is 10.9 Å². The highest BCUT2D eigenvalue weighted by Crippen LogP contribution is 2.34. The van der Waals surface area contributed by atoms with Crippen molar-refractivity contribution in [2.45, 2.75) is 6.92 Å². The van der Waals surface area contributed by atoms with Gasteiger partial charge in [-0.2, -0.15) is 0 Å². The third kappa shape index (κ3) is 3.16. The highest BCUT2D eigenvalue weighted by molar-refractivity contribution is 9.10. The van der Waals surface area contributed by atoms with E-state index in [0.717, 1.165) is 0 Å². The van der Waals surface area contributed by atoms with Crippen LogP contribution >= 0.6 is 15.9 Å². The Hall–Kier alpha value is -2.48. The van der Waals surface area contributed by atoms with Gasteiger partial charge < -0.3 is 9.84 Å². The average Bonchev–Trinajstić information content (AvgIpc) is 2.37. The van der Waals surface area contributed by atoms with Gasteiger partial charge in [0.15, 0.2) is 0 Å². The number of hydrogen-bond acceptors (Lipinski definition) is 5. The molecule has 0 bridgehead atoms. The number of hydrogen-bond donors (Lipinski definition) is 1. The Balaban J connectivity index is 2.53. The van der Waals surface area contributed by atoms with Gasteiger partial charge in [0.1, 0.15) is 11.3 Å². The Labute approximate surface area is 127 Å². The standard InChI is InChI=1S/C13H9BrN2O5/c1-7-4-5-15-12(11(7)16(19)20)21-10-6-8(14)2-3-9(10)13(17)18/h2-6H,1H3,(H,17,18). The third-order valence-electron chi connectivity index (χ3n) is 2.66. The predicted octanol–water partition coefficient (Wildman–Crippen LogP) is 3.55. The highest BCUT2D eigenvalue weighted by atomic mass is 79.9. The fourth-order valence-electron chi connectivity index (χ4n) is 1.68. The summed E-state index contributed by atoms with van der Waals surface area (Å²) in [7, 11) is 0. The van der Waals surface area contributed by atoms with Gasteiger partial charge in [-0.05, 0) is 31.2 Å². The first-order valence-electron chi connectivity index (χ1n) is 5.71. The maximum Gasteiger partial charge on any atom is 0.339 e. The maximum atomic E-state index is 11.2. The molecule has 0 aliphatic carbocycles. The van der Waals surface area contributed by atoms with Crippen LogP contribution in [0.1, 0.15) is 15.9 Å². The van der Waals surface area contributed by atoms with Gasteiger partial charge in [0.25, 0.3) is 5.88 Å². The third-order valence-corrected chi connectivity index (χ3v) is 3.15. The lowest BCUT2D eigenvalue weighted by atomic mass is 10.2. The molecular weight excluding hydrogens is 344 g/mol. The van der Waals surface area contributed by atoms with Crippen LogP contribution in [0.25, 0.3) is 0 Å². The number of pyridine rings is 1. The molecule has 2 rings (SSSR count). The number of carbonyl (C=O) groups is 1. The number of aryl methyl sites for hydroxylation is 1. The fourth-order valence-corrected chi connectivity index (χ4v) is 2.02. The van der Waals surface area contributed by atoms with Crippen molar-refractivity contribution < 1.29 is 19.6 Å². The van der Waals surface area contributed by atoms with E-state index in [1.54, 1.807) is 6.92 Å². The molecule has 8 heteroatoms. The van der Waals surface area contributed by atoms with Crippen LogP contribution in [0.2, 0.25) is 0 Å². The average molecular weight is 353 g/mol. The van der Waals surface area contributed by atoms with Gasteiger partial charge in [0.2, 0.25) is 0 Å². The minimum Gasteiger partial charge on any atom is -0.478 e. The van der Waals surface area contributed by atoms with E-state index in [0.29, 0.717) is 10.0 Å². The van der Waals surface area contributed by atoms with Crippen LogP contribution in [0.4, 0.5) is 5.69 Å². The zero-order valence-corrected chi connectivity index (χ0v) is 12.3. The number of nitrogens with zero attached hydrogens (tertiary/aromatic N) is 2. The van der Waals surface area contributed by atoms with Gasteiger partial charge in [0.05, 0.1) is 4.92 Å². The number of carboxylic acids is 1. The summed E-state index contributed by atoms with van der Waals surface area (Å²) in [6.45, 7) is 1.55. The molecule has 2 aromatic rings. The zero-order chi connectivity index (χ0) is 15.6. The van der Waals surface area contributed by atoms with Gasteiger partial charge >= 0.3 is 11.7 Å². The van der Waals surface area contributed by atoms with E-state index in [9.17, 15) is 14.9 Å². The molecule has 0 aliphatic heterocycles. The number of halogens is 1. The molecule has 1 aromatic heterocycles. The predicted molar refractivity (Wildman–Crippen MR) is 76.8 cm³/mol. The lowest BCUT2D eigenvalue weighted by molar-refractivity contribution is -0.386. The summed E-state index contributed by atoms with van der Waals surface area (Å²) in [6.07, 6.45) is 1.36. The van der Waals surface area contributed by atoms with Crippen LogP contribution in [-0.2, 0) is 0 Å². The quantitative estimate of drug-likeness (QED) is 0.666.